The zero-order chi connectivity index (χ0) is 29.0. The highest BCUT2D eigenvalue weighted by molar-refractivity contribution is 5.93. The highest BCUT2D eigenvalue weighted by atomic mass is 19.1. The van der Waals surface area contributed by atoms with Crippen LogP contribution in [0.4, 0.5) is 4.39 Å². The number of fused-ring (bicyclic) bond motifs is 1. The molecule has 10 heteroatoms. The van der Waals surface area contributed by atoms with Crippen molar-refractivity contribution in [2.75, 3.05) is 33.9 Å². The maximum Gasteiger partial charge on any atom is 0.269 e. The lowest BCUT2D eigenvalue weighted by Gasteiger charge is -2.33. The van der Waals surface area contributed by atoms with Crippen LogP contribution in [0.5, 0.6) is 0 Å². The number of ether oxygens (including phenoxy) is 1. The lowest BCUT2D eigenvalue weighted by atomic mass is 9.79. The van der Waals surface area contributed by atoms with Gasteiger partial charge >= 0.3 is 0 Å². The molecule has 2 aliphatic rings. The summed E-state index contributed by atoms with van der Waals surface area (Å²) in [6.45, 7) is 10.8. The third kappa shape index (κ3) is 6.06. The van der Waals surface area contributed by atoms with Gasteiger partial charge in [0.2, 0.25) is 5.91 Å². The first-order valence-corrected chi connectivity index (χ1v) is 14.4. The Labute approximate surface area is 236 Å². The largest absolute Gasteiger partial charge is 0.381 e. The van der Waals surface area contributed by atoms with Crippen molar-refractivity contribution in [1.82, 2.24) is 25.2 Å². The Morgan fingerprint density at radius 1 is 1.27 bits per heavy atom. The molecule has 1 aromatic carbocycles. The van der Waals surface area contributed by atoms with E-state index in [1.165, 1.54) is 0 Å². The molecule has 1 saturated heterocycles. The van der Waals surface area contributed by atoms with Gasteiger partial charge in [0.05, 0.1) is 18.2 Å². The number of carbonyl (C=O) groups is 2. The van der Waals surface area contributed by atoms with Crippen LogP contribution in [0, 0.1) is 23.6 Å². The Kier molecular flexibility index (Phi) is 9.60. The molecule has 2 fully saturated rings. The molecule has 0 spiro atoms. The maximum absolute atomic E-state index is 16.1. The number of H-pyrrole nitrogens is 1. The number of imidazole rings is 1. The van der Waals surface area contributed by atoms with Crippen molar-refractivity contribution < 1.29 is 18.7 Å². The number of carbonyl (C=O) groups excluding carboxylic acids is 2. The molecule has 1 aliphatic carbocycles. The molecular formula is C30H43FN6O3. The van der Waals surface area contributed by atoms with Crippen molar-refractivity contribution in [2.24, 2.45) is 22.9 Å². The van der Waals surface area contributed by atoms with E-state index < -0.39 is 17.8 Å². The number of nitrogens with one attached hydrogen (secondary N) is 2. The maximum atomic E-state index is 16.1. The van der Waals surface area contributed by atoms with Crippen LogP contribution < -0.4 is 5.32 Å². The smallest absolute Gasteiger partial charge is 0.269 e. The molecule has 40 heavy (non-hydrogen) atoms. The Morgan fingerprint density at radius 3 is 2.62 bits per heavy atom. The molecule has 218 valence electrons. The van der Waals surface area contributed by atoms with Crippen molar-refractivity contribution in [3.8, 4) is 0 Å². The van der Waals surface area contributed by atoms with E-state index >= 15 is 4.39 Å². The van der Waals surface area contributed by atoms with Gasteiger partial charge in [-0.3, -0.25) is 14.6 Å². The minimum Gasteiger partial charge on any atom is -0.381 e. The first kappa shape index (κ1) is 29.7. The molecule has 1 aromatic heterocycles. The van der Waals surface area contributed by atoms with E-state index in [1.54, 1.807) is 43.1 Å². The highest BCUT2D eigenvalue weighted by Gasteiger charge is 2.37. The molecule has 2 heterocycles. The topological polar surface area (TPSA) is 103 Å². The number of hydrogen-bond acceptors (Lipinski definition) is 6. The van der Waals surface area contributed by atoms with Crippen molar-refractivity contribution in [3.63, 3.8) is 0 Å². The second-order valence-electron chi connectivity index (χ2n) is 11.3. The Balaban J connectivity index is 1.70. The fourth-order valence-corrected chi connectivity index (χ4v) is 6.17. The van der Waals surface area contributed by atoms with E-state index in [4.69, 9.17) is 9.72 Å². The predicted octanol–water partition coefficient (Wildman–Crippen LogP) is 4.74. The number of benzene rings is 1. The van der Waals surface area contributed by atoms with Crippen LogP contribution in [0.25, 0.3) is 11.0 Å². The van der Waals surface area contributed by atoms with E-state index in [0.29, 0.717) is 48.1 Å². The number of allylic oxidation sites excluding steroid dienone is 1. The summed E-state index contributed by atoms with van der Waals surface area (Å²) < 4.78 is 21.8. The second-order valence-corrected chi connectivity index (χ2v) is 11.3. The van der Waals surface area contributed by atoms with E-state index in [2.05, 4.69) is 29.0 Å². The van der Waals surface area contributed by atoms with Gasteiger partial charge in [-0.05, 0) is 56.6 Å². The van der Waals surface area contributed by atoms with Crippen LogP contribution in [0.15, 0.2) is 29.0 Å². The summed E-state index contributed by atoms with van der Waals surface area (Å²) in [7, 11) is 3.44. The summed E-state index contributed by atoms with van der Waals surface area (Å²) in [5.74, 6) is -0.184. The average Bonchev–Trinajstić information content (AvgIpc) is 3.40. The molecule has 2 aromatic rings. The zero-order valence-electron chi connectivity index (χ0n) is 24.4. The lowest BCUT2D eigenvalue weighted by molar-refractivity contribution is -0.137. The number of rotatable bonds is 9. The van der Waals surface area contributed by atoms with Crippen molar-refractivity contribution in [3.05, 3.63) is 41.1 Å². The van der Waals surface area contributed by atoms with Crippen LogP contribution in [-0.2, 0) is 14.3 Å². The van der Waals surface area contributed by atoms with Gasteiger partial charge in [0.25, 0.3) is 5.91 Å². The molecule has 1 saturated carbocycles. The first-order valence-electron chi connectivity index (χ1n) is 14.4. The number of halogens is 1. The van der Waals surface area contributed by atoms with Gasteiger partial charge in [0.1, 0.15) is 17.0 Å². The minimum atomic E-state index is -0.448. The van der Waals surface area contributed by atoms with Crippen LogP contribution in [-0.4, -0.2) is 72.3 Å². The number of hydrogen-bond donors (Lipinski definition) is 2. The third-order valence-electron chi connectivity index (χ3n) is 8.52. The Bertz CT molecular complexity index is 1250. The fraction of sp³-hybridized carbons (Fsp3) is 0.600. The van der Waals surface area contributed by atoms with E-state index in [0.717, 1.165) is 25.7 Å². The first-order chi connectivity index (χ1) is 19.2. The predicted molar refractivity (Wildman–Crippen MR) is 154 cm³/mol. The van der Waals surface area contributed by atoms with Gasteiger partial charge in [-0.2, -0.15) is 5.10 Å². The quantitative estimate of drug-likeness (QED) is 0.265. The van der Waals surface area contributed by atoms with Crippen LogP contribution in [0.1, 0.15) is 76.2 Å². The number of aromatic nitrogens is 2. The van der Waals surface area contributed by atoms with Crippen LogP contribution >= 0.6 is 0 Å². The van der Waals surface area contributed by atoms with E-state index in [1.807, 2.05) is 13.0 Å². The number of hydrazone groups is 1. The molecule has 0 bridgehead atoms. The van der Waals surface area contributed by atoms with Crippen LogP contribution in [0.3, 0.4) is 0 Å². The Morgan fingerprint density at radius 2 is 2.00 bits per heavy atom. The summed E-state index contributed by atoms with van der Waals surface area (Å²) in [6, 6.07) is 3.13. The summed E-state index contributed by atoms with van der Waals surface area (Å²) in [5, 5.41) is 8.72. The number of aromatic amines is 1. The number of nitrogens with zero attached hydrogens (tertiary/aromatic N) is 4. The second kappa shape index (κ2) is 12.9. The summed E-state index contributed by atoms with van der Waals surface area (Å²) in [6.07, 6.45) is 6.26. The standard InChI is InChI=1S/C30H43FN6O3/c1-7-24(37(8-2)32-4)29(38)35-26(19-11-9-18(3)10-12-19)28-33-23-14-13-20(25(31)27(23)34-28)22-17-40-16-15-21(22)30(39)36(5)6/h7,13-14,18-19,21-22,26H,4,8-12,15-17H2,1-3,5-6H3,(H,33,34)(H,35,38)/b24-7-/t18-,19-,21?,22?,26-/m0/s1. The number of likely N-dealkylation sites (N-methyl/N-ethyl adjacent to an activating group) is 1. The van der Waals surface area contributed by atoms with Crippen molar-refractivity contribution >= 4 is 29.6 Å². The summed E-state index contributed by atoms with van der Waals surface area (Å²) in [4.78, 5) is 35.9. The highest BCUT2D eigenvalue weighted by Crippen LogP contribution is 2.39. The molecule has 2 unspecified atom stereocenters. The van der Waals surface area contributed by atoms with E-state index in [-0.39, 0.29) is 35.8 Å². The molecule has 4 rings (SSSR count). The number of amides is 2. The van der Waals surface area contributed by atoms with E-state index in [9.17, 15) is 9.59 Å². The molecule has 3 atom stereocenters. The average molecular weight is 555 g/mol. The molecule has 2 N–H and O–H groups in total. The SMILES string of the molecule is C=NN(CC)/C(=C\C)C(=O)N[C@H](c1nc2c(F)c(C3COCCC3C(=O)N(C)C)ccc2[nH]1)[C@H]1CC[C@H](C)CC1. The lowest BCUT2D eigenvalue weighted by Crippen LogP contribution is -2.39. The van der Waals surface area contributed by atoms with Gasteiger partial charge in [0, 0.05) is 45.8 Å². The van der Waals surface area contributed by atoms with Gasteiger partial charge in [-0.25, -0.2) is 9.37 Å². The Hall–Kier alpha value is -3.27. The van der Waals surface area contributed by atoms with Gasteiger partial charge in [-0.1, -0.05) is 31.9 Å². The zero-order valence-corrected chi connectivity index (χ0v) is 24.4. The van der Waals surface area contributed by atoms with Crippen LogP contribution in [0.2, 0.25) is 0 Å². The molecule has 0 radical (unpaired) electrons. The monoisotopic (exact) mass is 554 g/mol. The normalized spacial score (nSPS) is 24.4. The molecular weight excluding hydrogens is 511 g/mol. The molecule has 2 amide bonds. The third-order valence-corrected chi connectivity index (χ3v) is 8.52. The van der Waals surface area contributed by atoms with Gasteiger partial charge in [-0.15, -0.1) is 0 Å². The fourth-order valence-electron chi connectivity index (χ4n) is 6.17. The molecule has 9 nitrogen and oxygen atoms in total. The van der Waals surface area contributed by atoms with Gasteiger partial charge < -0.3 is 19.9 Å². The summed E-state index contributed by atoms with van der Waals surface area (Å²) in [5.41, 5.74) is 1.61. The van der Waals surface area contributed by atoms with Gasteiger partial charge in [0.15, 0.2) is 5.82 Å². The minimum absolute atomic E-state index is 0.0280. The van der Waals surface area contributed by atoms with Crippen molar-refractivity contribution in [1.29, 1.82) is 0 Å². The van der Waals surface area contributed by atoms with Crippen molar-refractivity contribution in [2.45, 2.75) is 64.8 Å². The molecule has 1 aliphatic heterocycles. The summed E-state index contributed by atoms with van der Waals surface area (Å²) >= 11 is 0.